The minimum absolute atomic E-state index is 0.137. The normalized spacial score (nSPS) is 12.4. The molecule has 0 bridgehead atoms. The van der Waals surface area contributed by atoms with Crippen molar-refractivity contribution in [1.82, 2.24) is 15.1 Å². The van der Waals surface area contributed by atoms with E-state index in [4.69, 9.17) is 11.6 Å². The van der Waals surface area contributed by atoms with Crippen LogP contribution < -0.4 is 0 Å². The summed E-state index contributed by atoms with van der Waals surface area (Å²) in [7, 11) is 0. The maximum Gasteiger partial charge on any atom is 0.401 e. The summed E-state index contributed by atoms with van der Waals surface area (Å²) in [5.41, 5.74) is 0. The second-order valence-corrected chi connectivity index (χ2v) is 4.92. The molecule has 0 saturated carbocycles. The van der Waals surface area contributed by atoms with Gasteiger partial charge in [-0.25, -0.2) is 0 Å². The molecule has 3 nitrogen and oxygen atoms in total. The number of aromatic nitrogens is 2. The molecule has 0 unspecified atom stereocenters. The molecule has 1 rings (SSSR count). The highest BCUT2D eigenvalue weighted by Crippen LogP contribution is 2.20. The lowest BCUT2D eigenvalue weighted by atomic mass is 10.4. The van der Waals surface area contributed by atoms with Gasteiger partial charge in [0.2, 0.25) is 4.47 Å². The molecule has 0 aliphatic carbocycles. The molecule has 1 heterocycles. The molecule has 0 N–H and O–H groups in total. The maximum absolute atomic E-state index is 12.2. The van der Waals surface area contributed by atoms with Gasteiger partial charge < -0.3 is 0 Å². The summed E-state index contributed by atoms with van der Waals surface area (Å²) in [5.74, 6) is 0. The average Bonchev–Trinajstić information content (AvgIpc) is 2.48. The molecule has 8 heteroatoms. The number of hydrogen-bond acceptors (Lipinski definition) is 4. The van der Waals surface area contributed by atoms with Crippen molar-refractivity contribution in [3.8, 4) is 0 Å². The first-order valence-electron chi connectivity index (χ1n) is 4.67. The van der Waals surface area contributed by atoms with Crippen molar-refractivity contribution >= 4 is 22.9 Å². The first kappa shape index (κ1) is 13.7. The average molecular weight is 274 g/mol. The van der Waals surface area contributed by atoms with Crippen molar-refractivity contribution in [3.63, 3.8) is 0 Å². The van der Waals surface area contributed by atoms with Gasteiger partial charge in [0.25, 0.3) is 0 Å². The van der Waals surface area contributed by atoms with Crippen molar-refractivity contribution in [2.24, 2.45) is 0 Å². The van der Waals surface area contributed by atoms with Crippen LogP contribution >= 0.6 is 22.9 Å². The lowest BCUT2D eigenvalue weighted by Crippen LogP contribution is -2.34. The van der Waals surface area contributed by atoms with Crippen LogP contribution in [0.4, 0.5) is 13.2 Å². The van der Waals surface area contributed by atoms with Crippen molar-refractivity contribution in [1.29, 1.82) is 0 Å². The van der Waals surface area contributed by atoms with E-state index in [-0.39, 0.29) is 11.0 Å². The summed E-state index contributed by atoms with van der Waals surface area (Å²) >= 11 is 6.66. The Kier molecular flexibility index (Phi) is 4.94. The van der Waals surface area contributed by atoms with E-state index >= 15 is 0 Å². The van der Waals surface area contributed by atoms with Crippen LogP contribution in [0, 0.1) is 0 Å². The van der Waals surface area contributed by atoms with Crippen molar-refractivity contribution in [2.45, 2.75) is 26.1 Å². The summed E-state index contributed by atoms with van der Waals surface area (Å²) in [6, 6.07) is 0. The Morgan fingerprint density at radius 3 is 2.50 bits per heavy atom. The standard InChI is InChI=1S/C8H11ClF3N3S/c1-2-3-15(5-8(10,11)12)4-6-13-14-7(9)16-6/h2-5H2,1H3. The zero-order valence-electron chi connectivity index (χ0n) is 8.59. The van der Waals surface area contributed by atoms with E-state index in [0.29, 0.717) is 18.0 Å². The Morgan fingerprint density at radius 1 is 1.38 bits per heavy atom. The maximum atomic E-state index is 12.2. The Hall–Kier alpha value is -0.400. The van der Waals surface area contributed by atoms with Gasteiger partial charge in [0.15, 0.2) is 0 Å². The van der Waals surface area contributed by atoms with Crippen LogP contribution in [-0.4, -0.2) is 34.4 Å². The summed E-state index contributed by atoms with van der Waals surface area (Å²) in [4.78, 5) is 1.29. The molecule has 1 aromatic heterocycles. The van der Waals surface area contributed by atoms with E-state index in [0.717, 1.165) is 11.3 Å². The van der Waals surface area contributed by atoms with Crippen molar-refractivity contribution < 1.29 is 13.2 Å². The number of nitrogens with zero attached hydrogens (tertiary/aromatic N) is 3. The third kappa shape index (κ3) is 5.09. The number of halogens is 4. The minimum Gasteiger partial charge on any atom is -0.288 e. The smallest absolute Gasteiger partial charge is 0.288 e. The largest absolute Gasteiger partial charge is 0.401 e. The first-order valence-corrected chi connectivity index (χ1v) is 5.87. The Balaban J connectivity index is 2.57. The second-order valence-electron chi connectivity index (χ2n) is 3.27. The van der Waals surface area contributed by atoms with Crippen LogP contribution in [-0.2, 0) is 6.54 Å². The molecule has 0 amide bonds. The molecule has 0 aliphatic heterocycles. The predicted molar refractivity (Wildman–Crippen MR) is 56.5 cm³/mol. The van der Waals surface area contributed by atoms with Crippen LogP contribution in [0.2, 0.25) is 4.47 Å². The van der Waals surface area contributed by atoms with Gasteiger partial charge in [0.1, 0.15) is 5.01 Å². The summed E-state index contributed by atoms with van der Waals surface area (Å²) in [6.45, 7) is 1.41. The predicted octanol–water partition coefficient (Wildman–Crippen LogP) is 2.97. The molecule has 92 valence electrons. The molecule has 0 aromatic carbocycles. The molecular formula is C8H11ClF3N3S. The topological polar surface area (TPSA) is 29.0 Å². The lowest BCUT2D eigenvalue weighted by Gasteiger charge is -2.21. The van der Waals surface area contributed by atoms with E-state index < -0.39 is 12.7 Å². The highest BCUT2D eigenvalue weighted by molar-refractivity contribution is 7.15. The quantitative estimate of drug-likeness (QED) is 0.826. The van der Waals surface area contributed by atoms with E-state index in [9.17, 15) is 13.2 Å². The minimum atomic E-state index is -4.19. The third-order valence-electron chi connectivity index (χ3n) is 1.74. The fraction of sp³-hybridized carbons (Fsp3) is 0.750. The van der Waals surface area contributed by atoms with E-state index in [1.54, 1.807) is 0 Å². The zero-order valence-corrected chi connectivity index (χ0v) is 10.2. The molecular weight excluding hydrogens is 263 g/mol. The Bertz CT molecular complexity index is 329. The Morgan fingerprint density at radius 2 is 2.06 bits per heavy atom. The third-order valence-corrected chi connectivity index (χ3v) is 2.75. The SMILES string of the molecule is CCCN(Cc1nnc(Cl)s1)CC(F)(F)F. The first-order chi connectivity index (χ1) is 7.40. The molecule has 0 fully saturated rings. The van der Waals surface area contributed by atoms with Gasteiger partial charge in [-0.2, -0.15) is 13.2 Å². The van der Waals surface area contributed by atoms with Crippen molar-refractivity contribution in [2.75, 3.05) is 13.1 Å². The van der Waals surface area contributed by atoms with Crippen LogP contribution in [0.1, 0.15) is 18.4 Å². The summed E-state index contributed by atoms with van der Waals surface area (Å²) < 4.78 is 37.0. The van der Waals surface area contributed by atoms with Gasteiger partial charge >= 0.3 is 6.18 Å². The van der Waals surface area contributed by atoms with Gasteiger partial charge in [0, 0.05) is 0 Å². The molecule has 16 heavy (non-hydrogen) atoms. The van der Waals surface area contributed by atoms with Crippen molar-refractivity contribution in [3.05, 3.63) is 9.47 Å². The van der Waals surface area contributed by atoms with E-state index in [1.165, 1.54) is 4.90 Å². The van der Waals surface area contributed by atoms with Gasteiger partial charge in [-0.15, -0.1) is 10.2 Å². The molecule has 0 saturated heterocycles. The van der Waals surface area contributed by atoms with Gasteiger partial charge in [0.05, 0.1) is 13.1 Å². The van der Waals surface area contributed by atoms with Crippen LogP contribution in [0.15, 0.2) is 0 Å². The fourth-order valence-electron chi connectivity index (χ4n) is 1.27. The van der Waals surface area contributed by atoms with E-state index in [1.807, 2.05) is 6.92 Å². The van der Waals surface area contributed by atoms with Crippen LogP contribution in [0.3, 0.4) is 0 Å². The second kappa shape index (κ2) is 5.79. The molecule has 0 spiro atoms. The zero-order chi connectivity index (χ0) is 12.2. The number of rotatable bonds is 5. The van der Waals surface area contributed by atoms with Gasteiger partial charge in [-0.3, -0.25) is 4.90 Å². The van der Waals surface area contributed by atoms with Gasteiger partial charge in [-0.1, -0.05) is 18.3 Å². The molecule has 0 aliphatic rings. The highest BCUT2D eigenvalue weighted by atomic mass is 35.5. The highest BCUT2D eigenvalue weighted by Gasteiger charge is 2.30. The fourth-order valence-corrected chi connectivity index (χ4v) is 2.18. The van der Waals surface area contributed by atoms with Crippen LogP contribution in [0.25, 0.3) is 0 Å². The number of alkyl halides is 3. The molecule has 1 aromatic rings. The van der Waals surface area contributed by atoms with Crippen LogP contribution in [0.5, 0.6) is 0 Å². The summed E-state index contributed by atoms with van der Waals surface area (Å²) in [6.07, 6.45) is -3.54. The monoisotopic (exact) mass is 273 g/mol. The summed E-state index contributed by atoms with van der Waals surface area (Å²) in [5, 5.41) is 7.75. The number of hydrogen-bond donors (Lipinski definition) is 0. The van der Waals surface area contributed by atoms with E-state index in [2.05, 4.69) is 10.2 Å². The lowest BCUT2D eigenvalue weighted by molar-refractivity contribution is -0.147. The molecule has 0 atom stereocenters. The molecule has 0 radical (unpaired) electrons. The Labute approximate surface area is 100 Å². The van der Waals surface area contributed by atoms with Gasteiger partial charge in [-0.05, 0) is 24.6 Å².